The molecule has 0 saturated carbocycles. The van der Waals surface area contributed by atoms with Crippen molar-refractivity contribution in [3.8, 4) is 11.3 Å². The molecule has 0 aliphatic heterocycles. The van der Waals surface area contributed by atoms with Crippen LogP contribution < -0.4 is 16.6 Å². The van der Waals surface area contributed by atoms with Gasteiger partial charge >= 0.3 is 11.9 Å². The number of hydrogen-bond acceptors (Lipinski definition) is 5. The van der Waals surface area contributed by atoms with Crippen LogP contribution in [-0.4, -0.2) is 24.6 Å². The average molecular weight is 513 g/mol. The number of aromatic nitrogens is 4. The summed E-state index contributed by atoms with van der Waals surface area (Å²) in [5.74, 6) is -4.19. The number of fused-ring (bicyclic) bond motifs is 1. The molecule has 14 heteroatoms. The van der Waals surface area contributed by atoms with Crippen molar-refractivity contribution in [1.82, 2.24) is 18.7 Å². The lowest BCUT2D eigenvalue weighted by molar-refractivity contribution is -0.142. The van der Waals surface area contributed by atoms with Crippen molar-refractivity contribution in [2.75, 3.05) is 5.32 Å². The van der Waals surface area contributed by atoms with Crippen molar-refractivity contribution >= 4 is 33.4 Å². The normalized spacial score (nSPS) is 11.9. The molecule has 0 aliphatic rings. The van der Waals surface area contributed by atoms with Crippen LogP contribution in [0, 0.1) is 18.6 Å². The number of nitrogens with one attached hydrogen (secondary N) is 1. The quantitative estimate of drug-likeness (QED) is 0.424. The van der Waals surface area contributed by atoms with Gasteiger partial charge in [-0.15, -0.1) is 11.3 Å². The van der Waals surface area contributed by atoms with Gasteiger partial charge in [-0.25, -0.2) is 18.6 Å². The lowest BCUT2D eigenvalue weighted by atomic mass is 10.1. The van der Waals surface area contributed by atoms with E-state index in [9.17, 15) is 36.3 Å². The van der Waals surface area contributed by atoms with Gasteiger partial charge in [0.25, 0.3) is 5.56 Å². The van der Waals surface area contributed by atoms with Gasteiger partial charge in [-0.3, -0.25) is 18.7 Å². The van der Waals surface area contributed by atoms with Crippen LogP contribution in [0.5, 0.6) is 0 Å². The van der Waals surface area contributed by atoms with Gasteiger partial charge in [0, 0.05) is 30.7 Å². The van der Waals surface area contributed by atoms with Crippen LogP contribution in [0.25, 0.3) is 22.3 Å². The molecule has 4 rings (SSSR count). The van der Waals surface area contributed by atoms with Gasteiger partial charge in [-0.2, -0.15) is 13.2 Å². The number of rotatable bonds is 4. The molecule has 1 aromatic carbocycles. The molecule has 35 heavy (non-hydrogen) atoms. The van der Waals surface area contributed by atoms with Crippen LogP contribution in [0.1, 0.15) is 11.3 Å². The fraction of sp³-hybridized carbons (Fsp3) is 0.238. The molecule has 184 valence electrons. The van der Waals surface area contributed by atoms with E-state index >= 15 is 0 Å². The molecule has 0 unspecified atom stereocenters. The molecule has 3 heterocycles. The first-order valence-electron chi connectivity index (χ1n) is 9.88. The third kappa shape index (κ3) is 4.13. The first-order chi connectivity index (χ1) is 16.3. The lowest BCUT2D eigenvalue weighted by Gasteiger charge is -2.11. The van der Waals surface area contributed by atoms with Crippen molar-refractivity contribution in [1.29, 1.82) is 0 Å². The fourth-order valence-corrected chi connectivity index (χ4v) is 4.41. The molecule has 0 spiro atoms. The fourth-order valence-electron chi connectivity index (χ4n) is 3.68. The van der Waals surface area contributed by atoms with Crippen molar-refractivity contribution in [3.05, 3.63) is 67.3 Å². The van der Waals surface area contributed by atoms with E-state index in [0.717, 1.165) is 22.0 Å². The van der Waals surface area contributed by atoms with Crippen LogP contribution in [0.2, 0.25) is 0 Å². The minimum absolute atomic E-state index is 0.0447. The Kier molecular flexibility index (Phi) is 5.87. The third-order valence-corrected chi connectivity index (χ3v) is 6.19. The van der Waals surface area contributed by atoms with Crippen molar-refractivity contribution in [2.24, 2.45) is 14.1 Å². The summed E-state index contributed by atoms with van der Waals surface area (Å²) in [6, 6.07) is 2.91. The highest BCUT2D eigenvalue weighted by Gasteiger charge is 2.39. The largest absolute Gasteiger partial charge is 0.422 e. The number of aryl methyl sites for hydroxylation is 2. The summed E-state index contributed by atoms with van der Waals surface area (Å²) in [6.07, 6.45) is -5.24. The van der Waals surface area contributed by atoms with Crippen molar-refractivity contribution in [2.45, 2.75) is 19.6 Å². The number of halogens is 5. The Balaban J connectivity index is 1.63. The van der Waals surface area contributed by atoms with Gasteiger partial charge in [0.2, 0.25) is 5.91 Å². The van der Waals surface area contributed by atoms with E-state index < -0.39 is 46.1 Å². The Bertz CT molecular complexity index is 1610. The van der Waals surface area contributed by atoms with Gasteiger partial charge in [0.1, 0.15) is 29.3 Å². The standard InChI is InChI=1S/C21H16F5N5O3S/c1-9-6-13-17(18(33)30(3)20(34)29(13)2)31(9)7-14(32)28-19-27-12(8-35-19)10-4-5-11(22)15(16(10)23)21(24,25)26/h4-6,8H,7H2,1-3H3,(H,27,28,32). The number of benzene rings is 1. The number of anilines is 1. The molecular weight excluding hydrogens is 497 g/mol. The maximum Gasteiger partial charge on any atom is 0.422 e. The molecule has 0 radical (unpaired) electrons. The Morgan fingerprint density at radius 2 is 1.83 bits per heavy atom. The predicted molar refractivity (Wildman–Crippen MR) is 118 cm³/mol. The molecular formula is C21H16F5N5O3S. The number of amides is 1. The number of nitrogens with zero attached hydrogens (tertiary/aromatic N) is 4. The second kappa shape index (κ2) is 8.45. The van der Waals surface area contributed by atoms with Crippen LogP contribution >= 0.6 is 11.3 Å². The number of hydrogen-bond donors (Lipinski definition) is 1. The monoisotopic (exact) mass is 513 g/mol. The second-order valence-electron chi connectivity index (χ2n) is 7.68. The summed E-state index contributed by atoms with van der Waals surface area (Å²) in [5, 5.41) is 3.62. The molecule has 0 saturated heterocycles. The first-order valence-corrected chi connectivity index (χ1v) is 10.8. The highest BCUT2D eigenvalue weighted by Crippen LogP contribution is 2.38. The Labute approximate surface area is 196 Å². The summed E-state index contributed by atoms with van der Waals surface area (Å²) < 4.78 is 70.6. The van der Waals surface area contributed by atoms with E-state index in [1.165, 1.54) is 28.6 Å². The van der Waals surface area contributed by atoms with Gasteiger partial charge < -0.3 is 9.88 Å². The summed E-state index contributed by atoms with van der Waals surface area (Å²) >= 11 is 0.824. The zero-order valence-corrected chi connectivity index (χ0v) is 19.1. The lowest BCUT2D eigenvalue weighted by Crippen LogP contribution is -2.37. The van der Waals surface area contributed by atoms with E-state index in [-0.39, 0.29) is 22.9 Å². The molecule has 1 amide bonds. The minimum Gasteiger partial charge on any atom is -0.330 e. The van der Waals surface area contributed by atoms with E-state index in [1.54, 1.807) is 13.0 Å². The molecule has 4 aromatic rings. The van der Waals surface area contributed by atoms with Crippen LogP contribution in [0.4, 0.5) is 27.1 Å². The van der Waals surface area contributed by atoms with Crippen LogP contribution in [0.15, 0.2) is 33.2 Å². The second-order valence-corrected chi connectivity index (χ2v) is 8.54. The number of alkyl halides is 3. The Morgan fingerprint density at radius 1 is 1.14 bits per heavy atom. The van der Waals surface area contributed by atoms with E-state index in [0.29, 0.717) is 17.3 Å². The number of thiazole rings is 1. The molecule has 0 fully saturated rings. The first kappa shape index (κ1) is 24.3. The van der Waals surface area contributed by atoms with Crippen LogP contribution in [-0.2, 0) is 31.6 Å². The van der Waals surface area contributed by atoms with Crippen molar-refractivity contribution in [3.63, 3.8) is 0 Å². The van der Waals surface area contributed by atoms with Crippen LogP contribution in [0.3, 0.4) is 0 Å². The highest BCUT2D eigenvalue weighted by molar-refractivity contribution is 7.14. The topological polar surface area (TPSA) is 90.9 Å². The van der Waals surface area contributed by atoms with E-state index in [2.05, 4.69) is 10.3 Å². The summed E-state index contributed by atoms with van der Waals surface area (Å²) in [7, 11) is 2.80. The Hall–Kier alpha value is -3.81. The summed E-state index contributed by atoms with van der Waals surface area (Å²) in [6.45, 7) is 1.31. The third-order valence-electron chi connectivity index (χ3n) is 5.43. The van der Waals surface area contributed by atoms with Gasteiger partial charge in [0.05, 0.1) is 11.2 Å². The minimum atomic E-state index is -5.24. The van der Waals surface area contributed by atoms with Gasteiger partial charge in [0.15, 0.2) is 5.13 Å². The molecule has 3 aromatic heterocycles. The zero-order valence-electron chi connectivity index (χ0n) is 18.3. The number of carbonyl (C=O) groups is 1. The zero-order chi connectivity index (χ0) is 25.8. The van der Waals surface area contributed by atoms with Crippen molar-refractivity contribution < 1.29 is 26.7 Å². The number of carbonyl (C=O) groups excluding carboxylic acids is 1. The molecule has 0 bridgehead atoms. The summed E-state index contributed by atoms with van der Waals surface area (Å²) in [5.41, 5.74) is -2.94. The highest BCUT2D eigenvalue weighted by atomic mass is 32.1. The molecule has 0 aliphatic carbocycles. The summed E-state index contributed by atoms with van der Waals surface area (Å²) in [4.78, 5) is 41.4. The molecule has 0 atom stereocenters. The smallest absolute Gasteiger partial charge is 0.330 e. The van der Waals surface area contributed by atoms with Gasteiger partial charge in [-0.1, -0.05) is 0 Å². The van der Waals surface area contributed by atoms with Gasteiger partial charge in [-0.05, 0) is 25.1 Å². The molecule has 8 nitrogen and oxygen atoms in total. The van der Waals surface area contributed by atoms with E-state index in [4.69, 9.17) is 0 Å². The maximum absolute atomic E-state index is 14.4. The van der Waals surface area contributed by atoms with E-state index in [1.807, 2.05) is 0 Å². The molecule has 1 N–H and O–H groups in total. The SMILES string of the molecule is Cc1cc2c(c(=O)n(C)c(=O)n2C)n1CC(=O)Nc1nc(-c2ccc(F)c(C(F)(F)F)c2F)cs1. The predicted octanol–water partition coefficient (Wildman–Crippen LogP) is 3.41. The maximum atomic E-state index is 14.4. The average Bonchev–Trinajstić information content (AvgIpc) is 3.34. The Morgan fingerprint density at radius 3 is 2.49 bits per heavy atom.